The fourth-order valence-corrected chi connectivity index (χ4v) is 6.36. The zero-order valence-electron chi connectivity index (χ0n) is 35.1. The molecule has 7 heteroatoms. The first kappa shape index (κ1) is 46.8. The molecule has 0 spiro atoms. The van der Waals surface area contributed by atoms with E-state index in [0.717, 1.165) is 35.1 Å². The van der Waals surface area contributed by atoms with Crippen molar-refractivity contribution in [3.8, 4) is 0 Å². The molecule has 0 saturated carbocycles. The molecule has 1 saturated heterocycles. The van der Waals surface area contributed by atoms with Gasteiger partial charge in [0.2, 0.25) is 0 Å². The van der Waals surface area contributed by atoms with Crippen molar-refractivity contribution < 1.29 is 33.9 Å². The van der Waals surface area contributed by atoms with Gasteiger partial charge in [-0.15, -0.1) is 0 Å². The lowest BCUT2D eigenvalue weighted by Crippen LogP contribution is -2.44. The molecule has 2 N–H and O–H groups in total. The first-order valence-electron chi connectivity index (χ1n) is 18.8. The van der Waals surface area contributed by atoms with Gasteiger partial charge in [0, 0.05) is 21.3 Å². The number of hydrogen-bond donors (Lipinski definition) is 2. The van der Waals surface area contributed by atoms with Crippen LogP contribution in [0, 0.1) is 5.41 Å². The molecule has 0 aromatic rings. The normalized spacial score (nSPS) is 26.4. The Balaban J connectivity index is 1.91. The average molecular weight is 745 g/mol. The highest BCUT2D eigenvalue weighted by atomic mass is 16.8. The Bertz CT molecular complexity index is 1580. The van der Waals surface area contributed by atoms with Crippen molar-refractivity contribution in [2.24, 2.45) is 5.41 Å². The lowest BCUT2D eigenvalue weighted by Gasteiger charge is -2.35. The molecule has 2 aliphatic rings. The van der Waals surface area contributed by atoms with Gasteiger partial charge in [0.05, 0.1) is 11.7 Å². The van der Waals surface area contributed by atoms with E-state index in [1.54, 1.807) is 28.1 Å². The molecule has 298 valence electrons. The van der Waals surface area contributed by atoms with E-state index in [9.17, 15) is 10.2 Å². The zero-order chi connectivity index (χ0) is 40.5. The second kappa shape index (κ2) is 22.9. The van der Waals surface area contributed by atoms with E-state index in [2.05, 4.69) is 109 Å². The van der Waals surface area contributed by atoms with Gasteiger partial charge in [0.25, 0.3) is 0 Å². The van der Waals surface area contributed by atoms with Crippen LogP contribution in [0.1, 0.15) is 82.1 Å². The van der Waals surface area contributed by atoms with Crippen LogP contribution in [0.25, 0.3) is 0 Å². The quantitative estimate of drug-likeness (QED) is 0.135. The van der Waals surface area contributed by atoms with E-state index < -0.39 is 36.5 Å². The third-order valence-corrected chi connectivity index (χ3v) is 9.39. The summed E-state index contributed by atoms with van der Waals surface area (Å²) in [5.41, 5.74) is 7.03. The molecule has 0 unspecified atom stereocenters. The number of aliphatic hydroxyl groups excluding tert-OH is 1. The molecule has 0 amide bonds. The number of rotatable bonds is 18. The first-order valence-corrected chi connectivity index (χ1v) is 18.8. The van der Waals surface area contributed by atoms with Gasteiger partial charge in [0.15, 0.2) is 12.6 Å². The standard InChI is InChI=1S/C47H68O7/c1-33(19-14-15-20-34(2)22-17-25-36(4)27-29-40-38(6)31-39(48)32-46(40,7)8)21-16-23-35(3)24-18-26-37(5)28-30-41(47(9,10)49)53-45-43(51-12)42(50-11)44(52-13)54-45/h14-30,39,41-45,48-49H,31-32H2,1-13H3/b15-14+,21-16+,22-17+,24-18+,29-27+,30-28+,33-19+,34-20+,35-23+,36-25+,37-26+/t39-,41+,42+,43+,44+,45-/m1/s1. The molecule has 1 aliphatic carbocycles. The fraction of sp³-hybridized carbons (Fsp3) is 0.489. The minimum absolute atomic E-state index is 0.0119. The molecule has 2 rings (SSSR count). The summed E-state index contributed by atoms with van der Waals surface area (Å²) in [6.45, 7) is 20.3. The second-order valence-corrected chi connectivity index (χ2v) is 15.6. The van der Waals surface area contributed by atoms with Gasteiger partial charge in [-0.25, -0.2) is 0 Å². The van der Waals surface area contributed by atoms with Crippen molar-refractivity contribution in [3.05, 3.63) is 142 Å². The third-order valence-electron chi connectivity index (χ3n) is 9.39. The number of allylic oxidation sites excluding steroid dienone is 22. The van der Waals surface area contributed by atoms with Gasteiger partial charge >= 0.3 is 0 Å². The number of methoxy groups -OCH3 is 3. The van der Waals surface area contributed by atoms with Crippen LogP contribution in [0.2, 0.25) is 0 Å². The van der Waals surface area contributed by atoms with E-state index >= 15 is 0 Å². The molecule has 0 bridgehead atoms. The molecule has 54 heavy (non-hydrogen) atoms. The minimum atomic E-state index is -1.17. The molecule has 0 aromatic heterocycles. The highest BCUT2D eigenvalue weighted by Gasteiger charge is 2.48. The van der Waals surface area contributed by atoms with E-state index in [1.807, 2.05) is 49.5 Å². The van der Waals surface area contributed by atoms with Crippen LogP contribution in [-0.4, -0.2) is 74.1 Å². The zero-order valence-corrected chi connectivity index (χ0v) is 35.1. The summed E-state index contributed by atoms with van der Waals surface area (Å²) in [6.07, 6.45) is 33.3. The Labute approximate surface area is 326 Å². The molecule has 1 heterocycles. The van der Waals surface area contributed by atoms with Crippen LogP contribution in [0.3, 0.4) is 0 Å². The summed E-state index contributed by atoms with van der Waals surface area (Å²) in [7, 11) is 4.68. The topological polar surface area (TPSA) is 86.6 Å². The predicted octanol–water partition coefficient (Wildman–Crippen LogP) is 10.1. The highest BCUT2D eigenvalue weighted by Crippen LogP contribution is 2.41. The molecule has 7 nitrogen and oxygen atoms in total. The Morgan fingerprint density at radius 1 is 0.704 bits per heavy atom. The summed E-state index contributed by atoms with van der Waals surface area (Å²) in [5, 5.41) is 21.0. The SMILES string of the molecule is CO[C@H]1O[C@@H](O[C@@H](/C=C/C(C)=C/C=C/C(C)=C/C=C/C(C)=C/C=C/C=C(C)/C=C/C=C(C)/C=C/C2=C(C)C[C@@H](O)CC2(C)C)C(C)(C)O)[C@@H](OC)[C@@H]1OC. The van der Waals surface area contributed by atoms with Crippen molar-refractivity contribution in [2.45, 2.75) is 125 Å². The third kappa shape index (κ3) is 16.1. The predicted molar refractivity (Wildman–Crippen MR) is 224 cm³/mol. The summed E-state index contributed by atoms with van der Waals surface area (Å²) in [5.74, 6) is 0. The largest absolute Gasteiger partial charge is 0.393 e. The molecular formula is C47H68O7. The Hall–Kier alpha value is -3.40. The Morgan fingerprint density at radius 2 is 1.15 bits per heavy atom. The maximum absolute atomic E-state index is 10.8. The maximum Gasteiger partial charge on any atom is 0.190 e. The van der Waals surface area contributed by atoms with Crippen LogP contribution in [0.5, 0.6) is 0 Å². The van der Waals surface area contributed by atoms with E-state index in [0.29, 0.717) is 0 Å². The van der Waals surface area contributed by atoms with Crippen LogP contribution < -0.4 is 0 Å². The van der Waals surface area contributed by atoms with E-state index in [4.69, 9.17) is 23.7 Å². The average Bonchev–Trinajstić information content (AvgIpc) is 3.43. The highest BCUT2D eigenvalue weighted by molar-refractivity contribution is 5.38. The van der Waals surface area contributed by atoms with Gasteiger partial charge in [-0.05, 0) is 79.2 Å². The monoisotopic (exact) mass is 744 g/mol. The summed E-state index contributed by atoms with van der Waals surface area (Å²) >= 11 is 0. The number of ether oxygens (including phenoxy) is 5. The molecule has 1 aliphatic heterocycles. The smallest absolute Gasteiger partial charge is 0.190 e. The van der Waals surface area contributed by atoms with Gasteiger partial charge in [-0.3, -0.25) is 0 Å². The first-order chi connectivity index (χ1) is 25.4. The van der Waals surface area contributed by atoms with Gasteiger partial charge < -0.3 is 33.9 Å². The minimum Gasteiger partial charge on any atom is -0.393 e. The maximum atomic E-state index is 10.8. The molecule has 6 atom stereocenters. The molecule has 0 radical (unpaired) electrons. The number of hydrogen-bond acceptors (Lipinski definition) is 7. The van der Waals surface area contributed by atoms with E-state index in [1.165, 1.54) is 23.8 Å². The molecule has 0 aromatic carbocycles. The molecule has 1 fully saturated rings. The summed E-state index contributed by atoms with van der Waals surface area (Å²) < 4.78 is 28.5. The van der Waals surface area contributed by atoms with Gasteiger partial charge in [-0.2, -0.15) is 0 Å². The second-order valence-electron chi connectivity index (χ2n) is 15.6. The van der Waals surface area contributed by atoms with Crippen LogP contribution in [-0.2, 0) is 23.7 Å². The van der Waals surface area contributed by atoms with Crippen molar-refractivity contribution in [3.63, 3.8) is 0 Å². The van der Waals surface area contributed by atoms with Crippen LogP contribution >= 0.6 is 0 Å². The summed E-state index contributed by atoms with van der Waals surface area (Å²) in [6, 6.07) is 0. The van der Waals surface area contributed by atoms with Crippen LogP contribution in [0.15, 0.2) is 142 Å². The van der Waals surface area contributed by atoms with Crippen LogP contribution in [0.4, 0.5) is 0 Å². The van der Waals surface area contributed by atoms with Gasteiger partial charge in [-0.1, -0.05) is 151 Å². The number of aliphatic hydroxyl groups is 2. The summed E-state index contributed by atoms with van der Waals surface area (Å²) in [4.78, 5) is 0. The lowest BCUT2D eigenvalue weighted by molar-refractivity contribution is -0.243. The van der Waals surface area contributed by atoms with Crippen molar-refractivity contribution in [1.82, 2.24) is 0 Å². The Kier molecular flexibility index (Phi) is 19.8. The molecular weight excluding hydrogens is 677 g/mol. The van der Waals surface area contributed by atoms with Crippen molar-refractivity contribution in [2.75, 3.05) is 21.3 Å². The van der Waals surface area contributed by atoms with Crippen molar-refractivity contribution >= 4 is 0 Å². The lowest BCUT2D eigenvalue weighted by atomic mass is 9.71. The van der Waals surface area contributed by atoms with Crippen molar-refractivity contribution in [1.29, 1.82) is 0 Å². The Morgan fingerprint density at radius 3 is 1.59 bits per heavy atom. The van der Waals surface area contributed by atoms with Gasteiger partial charge in [0.1, 0.15) is 18.3 Å². The fourth-order valence-electron chi connectivity index (χ4n) is 6.36. The van der Waals surface area contributed by atoms with E-state index in [-0.39, 0.29) is 11.5 Å².